The second-order valence-electron chi connectivity index (χ2n) is 21.3. The Labute approximate surface area is 407 Å². The van der Waals surface area contributed by atoms with Crippen LogP contribution in [0.1, 0.15) is 98.7 Å². The molecule has 12 rings (SSSR count). The molecule has 1 spiro atoms. The summed E-state index contributed by atoms with van der Waals surface area (Å²) >= 11 is 0. The van der Waals surface area contributed by atoms with E-state index in [1.54, 1.807) is 12.3 Å². The number of benzene rings is 3. The molecule has 2 aliphatic carbocycles. The number of hydrogen-bond donors (Lipinski definition) is 4. The maximum Gasteiger partial charge on any atom is 0.297 e. The minimum absolute atomic E-state index is 0.00938. The number of aromatic nitrogens is 2. The van der Waals surface area contributed by atoms with Crippen molar-refractivity contribution in [3.8, 4) is 11.6 Å². The van der Waals surface area contributed by atoms with Crippen LogP contribution in [0.2, 0.25) is 0 Å². The van der Waals surface area contributed by atoms with Crippen molar-refractivity contribution in [1.29, 1.82) is 0 Å². The van der Waals surface area contributed by atoms with Gasteiger partial charge in [0.25, 0.3) is 21.6 Å². The molecule has 17 nitrogen and oxygen atoms in total. The third kappa shape index (κ3) is 8.00. The number of aryl methyl sites for hydroxylation is 1. The average Bonchev–Trinajstić information content (AvgIpc) is 4.13. The molecule has 368 valence electrons. The number of fused-ring (bicyclic) bond motifs is 4. The first kappa shape index (κ1) is 45.2. The van der Waals surface area contributed by atoms with Crippen LogP contribution in [-0.4, -0.2) is 109 Å². The normalized spacial score (nSPS) is 27.4. The predicted molar refractivity (Wildman–Crippen MR) is 264 cm³/mol. The molecule has 70 heavy (non-hydrogen) atoms. The Balaban J connectivity index is 0.830. The van der Waals surface area contributed by atoms with E-state index < -0.39 is 43.1 Å². The van der Waals surface area contributed by atoms with Gasteiger partial charge in [-0.15, -0.1) is 0 Å². The molecule has 4 atom stereocenters. The molecule has 0 bridgehead atoms. The van der Waals surface area contributed by atoms with Gasteiger partial charge in [0.15, 0.2) is 11.4 Å². The van der Waals surface area contributed by atoms with Crippen LogP contribution in [0, 0.1) is 28.4 Å². The summed E-state index contributed by atoms with van der Waals surface area (Å²) in [5.74, 6) is -0.432. The maximum absolute atomic E-state index is 14.7. The molecular formula is C52H60N8O9S. The van der Waals surface area contributed by atoms with Crippen LogP contribution in [0.4, 0.5) is 28.4 Å². The lowest BCUT2D eigenvalue weighted by Gasteiger charge is -2.56. The SMILES string of the molecule is Cc1ccccc1[C@@H]1CCCN1C1CC2(CCN(c3ccc(C(=O)NS(=O)(=O)c4cc5c(c([N+](=O)[O-])c4)N[C@H](C4CCC(C)(O)CC4)CO5)c(N4c5cc6cc[nH]c6nc5O[C@@H]5COC[C@H]54)c3)CC2)C1. The fourth-order valence-corrected chi connectivity index (χ4v) is 13.9. The number of carbonyl (C=O) groups excluding carboxylic acids is 1. The molecule has 5 aliphatic heterocycles. The number of pyridine rings is 1. The molecule has 4 N–H and O–H groups in total. The van der Waals surface area contributed by atoms with Crippen LogP contribution in [0.15, 0.2) is 77.8 Å². The number of anilines is 4. The zero-order chi connectivity index (χ0) is 48.1. The first-order valence-electron chi connectivity index (χ1n) is 24.9. The van der Waals surface area contributed by atoms with E-state index in [-0.39, 0.29) is 47.0 Å². The minimum atomic E-state index is -4.70. The Morgan fingerprint density at radius 3 is 2.54 bits per heavy atom. The molecule has 7 heterocycles. The van der Waals surface area contributed by atoms with Crippen molar-refractivity contribution in [1.82, 2.24) is 19.6 Å². The monoisotopic (exact) mass is 972 g/mol. The van der Waals surface area contributed by atoms with E-state index in [2.05, 4.69) is 56.0 Å². The van der Waals surface area contributed by atoms with Crippen molar-refractivity contribution in [3.05, 3.63) is 99.7 Å². The molecule has 18 heteroatoms. The largest absolute Gasteiger partial charge is 0.489 e. The van der Waals surface area contributed by atoms with Crippen LogP contribution in [0.5, 0.6) is 11.6 Å². The number of amides is 1. The lowest BCUT2D eigenvalue weighted by Crippen LogP contribution is -2.55. The molecule has 3 saturated heterocycles. The highest BCUT2D eigenvalue weighted by atomic mass is 32.2. The Kier molecular flexibility index (Phi) is 11.1. The number of nitro benzene ring substituents is 1. The number of nitrogens with one attached hydrogen (secondary N) is 3. The van der Waals surface area contributed by atoms with Gasteiger partial charge in [0.1, 0.15) is 24.0 Å². The molecule has 2 saturated carbocycles. The van der Waals surface area contributed by atoms with Gasteiger partial charge in [-0.2, -0.15) is 4.98 Å². The summed E-state index contributed by atoms with van der Waals surface area (Å²) in [6.07, 6.45) is 10.9. The number of carbonyl (C=O) groups is 1. The first-order valence-corrected chi connectivity index (χ1v) is 26.4. The zero-order valence-corrected chi connectivity index (χ0v) is 40.4. The van der Waals surface area contributed by atoms with Crippen molar-refractivity contribution in [2.75, 3.05) is 54.6 Å². The fourth-order valence-electron chi connectivity index (χ4n) is 12.9. The second-order valence-corrected chi connectivity index (χ2v) is 22.9. The molecule has 5 fully saturated rings. The van der Waals surface area contributed by atoms with Gasteiger partial charge in [-0.25, -0.2) is 13.1 Å². The smallest absolute Gasteiger partial charge is 0.297 e. The number of ether oxygens (including phenoxy) is 3. The van der Waals surface area contributed by atoms with Gasteiger partial charge in [-0.05, 0) is 137 Å². The Bertz CT molecular complexity index is 2990. The summed E-state index contributed by atoms with van der Waals surface area (Å²) in [6, 6.07) is 20.8. The number of H-pyrrole nitrogens is 1. The first-order chi connectivity index (χ1) is 33.7. The predicted octanol–water partition coefficient (Wildman–Crippen LogP) is 7.90. The third-order valence-electron chi connectivity index (χ3n) is 16.9. The summed E-state index contributed by atoms with van der Waals surface area (Å²) in [5, 5.41) is 27.2. The fraction of sp³-hybridized carbons (Fsp3) is 0.500. The van der Waals surface area contributed by atoms with E-state index in [0.29, 0.717) is 73.9 Å². The number of likely N-dealkylation sites (tertiary alicyclic amines) is 1. The van der Waals surface area contributed by atoms with Crippen molar-refractivity contribution < 1.29 is 37.5 Å². The summed E-state index contributed by atoms with van der Waals surface area (Å²) in [6.45, 7) is 7.62. The summed E-state index contributed by atoms with van der Waals surface area (Å²) < 4.78 is 49.4. The molecular weight excluding hydrogens is 913 g/mol. The van der Waals surface area contributed by atoms with Crippen LogP contribution in [-0.2, 0) is 14.8 Å². The number of aliphatic hydroxyl groups is 1. The lowest BCUT2D eigenvalue weighted by molar-refractivity contribution is -0.384. The molecule has 7 aliphatic rings. The Morgan fingerprint density at radius 2 is 1.76 bits per heavy atom. The number of nitrogens with zero attached hydrogens (tertiary/aromatic N) is 5. The lowest BCUT2D eigenvalue weighted by atomic mass is 9.59. The van der Waals surface area contributed by atoms with Crippen molar-refractivity contribution in [3.63, 3.8) is 0 Å². The Hall–Kier alpha value is -5.95. The Morgan fingerprint density at radius 1 is 0.957 bits per heavy atom. The van der Waals surface area contributed by atoms with E-state index in [0.717, 1.165) is 49.6 Å². The number of rotatable bonds is 9. The molecule has 0 radical (unpaired) electrons. The number of nitro groups is 1. The van der Waals surface area contributed by atoms with Crippen molar-refractivity contribution in [2.24, 2.45) is 11.3 Å². The average molecular weight is 973 g/mol. The summed E-state index contributed by atoms with van der Waals surface area (Å²) in [4.78, 5) is 41.3. The highest BCUT2D eigenvalue weighted by Crippen LogP contribution is 2.55. The number of hydrogen-bond acceptors (Lipinski definition) is 14. The topological polar surface area (TPSA) is 205 Å². The van der Waals surface area contributed by atoms with E-state index in [9.17, 15) is 28.4 Å². The highest BCUT2D eigenvalue weighted by Gasteiger charge is 2.50. The zero-order valence-electron chi connectivity index (χ0n) is 39.6. The summed E-state index contributed by atoms with van der Waals surface area (Å²) in [5.41, 5.74) is 4.69. The minimum Gasteiger partial charge on any atom is -0.489 e. The van der Waals surface area contributed by atoms with E-state index >= 15 is 0 Å². The van der Waals surface area contributed by atoms with Gasteiger partial charge in [-0.3, -0.25) is 19.8 Å². The van der Waals surface area contributed by atoms with E-state index in [4.69, 9.17) is 19.2 Å². The summed E-state index contributed by atoms with van der Waals surface area (Å²) in [7, 11) is -4.70. The van der Waals surface area contributed by atoms with Crippen LogP contribution < -0.4 is 29.3 Å². The number of piperidine rings is 1. The molecule has 0 unspecified atom stereocenters. The van der Waals surface area contributed by atoms with E-state index in [1.165, 1.54) is 42.9 Å². The van der Waals surface area contributed by atoms with Gasteiger partial charge in [0, 0.05) is 54.6 Å². The third-order valence-corrected chi connectivity index (χ3v) is 18.2. The van der Waals surface area contributed by atoms with Gasteiger partial charge >= 0.3 is 0 Å². The molecule has 1 amide bonds. The van der Waals surface area contributed by atoms with Gasteiger partial charge in [-0.1, -0.05) is 24.3 Å². The second kappa shape index (κ2) is 17.1. The van der Waals surface area contributed by atoms with E-state index in [1.807, 2.05) is 36.1 Å². The van der Waals surface area contributed by atoms with Crippen molar-refractivity contribution >= 4 is 55.4 Å². The highest BCUT2D eigenvalue weighted by molar-refractivity contribution is 7.90. The van der Waals surface area contributed by atoms with Crippen LogP contribution in [0.25, 0.3) is 11.0 Å². The molecule has 2 aromatic heterocycles. The number of sulfonamides is 1. The molecule has 3 aromatic carbocycles. The van der Waals surface area contributed by atoms with Gasteiger partial charge in [0.05, 0.1) is 52.0 Å². The molecule has 5 aromatic rings. The van der Waals surface area contributed by atoms with Crippen molar-refractivity contribution in [2.45, 2.75) is 119 Å². The van der Waals surface area contributed by atoms with Gasteiger partial charge in [0.2, 0.25) is 5.88 Å². The standard InChI is InChI=1S/C52H60N8O9S/c1-31-6-3-4-7-37(31)40-8-5-19-58(40)35-26-52(27-35)16-20-57(21-17-52)34-9-10-38(41(23-34)59-43-22-33-13-18-53-48(33)55-50(43)69-46-30-67-29-44(46)59)49(61)56-70(65,66)36-24-42(60(63)64)47-45(25-36)68-28-39(54-47)32-11-14-51(2,62)15-12-32/h3-4,6-7,9-10,13,18,22-25,32,35,39-40,44,46,54,62H,5,8,11-12,14-17,19-21,26-30H2,1-2H3,(H,53,55)(H,56,61)/t32?,39-,40-,44+,46+,51?/m0/s1. The van der Waals surface area contributed by atoms with Gasteiger partial charge < -0.3 is 39.4 Å². The van der Waals surface area contributed by atoms with Crippen LogP contribution >= 0.6 is 0 Å². The van der Waals surface area contributed by atoms with Crippen LogP contribution in [0.3, 0.4) is 0 Å². The number of aromatic amines is 1. The quantitative estimate of drug-likeness (QED) is 0.0820. The maximum atomic E-state index is 14.7.